The van der Waals surface area contributed by atoms with Gasteiger partial charge in [-0.05, 0) is 42.3 Å². The van der Waals surface area contributed by atoms with Crippen molar-refractivity contribution >= 4 is 5.82 Å². The van der Waals surface area contributed by atoms with Gasteiger partial charge in [0, 0.05) is 17.7 Å². The zero-order chi connectivity index (χ0) is 11.8. The quantitative estimate of drug-likeness (QED) is 0.813. The summed E-state index contributed by atoms with van der Waals surface area (Å²) in [7, 11) is 0. The molecule has 3 nitrogen and oxygen atoms in total. The minimum atomic E-state index is 0.566. The van der Waals surface area contributed by atoms with Gasteiger partial charge < -0.3 is 10.5 Å². The SMILES string of the molecule is Cc1nc(N)ccc1-c1ccc2c(c1)CCO2. The molecule has 1 aromatic heterocycles. The fourth-order valence-corrected chi connectivity index (χ4v) is 2.24. The third kappa shape index (κ3) is 1.73. The number of anilines is 1. The van der Waals surface area contributed by atoms with Crippen LogP contribution in [0.25, 0.3) is 11.1 Å². The average Bonchev–Trinajstić information content (AvgIpc) is 2.75. The third-order valence-corrected chi connectivity index (χ3v) is 3.11. The standard InChI is InChI=1S/C14H14N2O/c1-9-12(3-5-14(15)16-9)10-2-4-13-11(8-10)6-7-17-13/h2-5,8H,6-7H2,1H3,(H2,15,16). The number of pyridine rings is 1. The first-order valence-corrected chi connectivity index (χ1v) is 5.73. The molecule has 3 rings (SSSR count). The van der Waals surface area contributed by atoms with Gasteiger partial charge in [0.2, 0.25) is 0 Å². The zero-order valence-corrected chi connectivity index (χ0v) is 9.73. The van der Waals surface area contributed by atoms with E-state index >= 15 is 0 Å². The molecule has 0 amide bonds. The average molecular weight is 226 g/mol. The van der Waals surface area contributed by atoms with Crippen molar-refractivity contribution in [2.45, 2.75) is 13.3 Å². The molecule has 0 fully saturated rings. The van der Waals surface area contributed by atoms with Crippen molar-refractivity contribution in [1.82, 2.24) is 4.98 Å². The molecule has 0 spiro atoms. The van der Waals surface area contributed by atoms with E-state index < -0.39 is 0 Å². The molecule has 3 heteroatoms. The number of aromatic nitrogens is 1. The number of aryl methyl sites for hydroxylation is 1. The Kier molecular flexibility index (Phi) is 2.25. The van der Waals surface area contributed by atoms with Crippen molar-refractivity contribution in [2.24, 2.45) is 0 Å². The first-order chi connectivity index (χ1) is 8.24. The van der Waals surface area contributed by atoms with Crippen LogP contribution in [0.15, 0.2) is 30.3 Å². The number of nitrogens with two attached hydrogens (primary N) is 1. The van der Waals surface area contributed by atoms with Gasteiger partial charge in [-0.2, -0.15) is 0 Å². The second kappa shape index (κ2) is 3.77. The molecule has 0 unspecified atom stereocenters. The summed E-state index contributed by atoms with van der Waals surface area (Å²) in [5, 5.41) is 0. The lowest BCUT2D eigenvalue weighted by Gasteiger charge is -2.07. The first-order valence-electron chi connectivity index (χ1n) is 5.73. The lowest BCUT2D eigenvalue weighted by Crippen LogP contribution is -1.94. The number of nitrogen functional groups attached to an aromatic ring is 1. The molecule has 0 saturated carbocycles. The summed E-state index contributed by atoms with van der Waals surface area (Å²) in [4.78, 5) is 4.29. The summed E-state index contributed by atoms with van der Waals surface area (Å²) in [6, 6.07) is 10.2. The Balaban J connectivity index is 2.09. The van der Waals surface area contributed by atoms with E-state index in [1.165, 1.54) is 11.1 Å². The fourth-order valence-electron chi connectivity index (χ4n) is 2.24. The summed E-state index contributed by atoms with van der Waals surface area (Å²) in [6.45, 7) is 2.77. The highest BCUT2D eigenvalue weighted by atomic mass is 16.5. The molecule has 2 aromatic rings. The maximum atomic E-state index is 5.66. The number of ether oxygens (including phenoxy) is 1. The highest BCUT2D eigenvalue weighted by molar-refractivity contribution is 5.69. The van der Waals surface area contributed by atoms with Crippen molar-refractivity contribution in [3.8, 4) is 16.9 Å². The number of benzene rings is 1. The van der Waals surface area contributed by atoms with Crippen LogP contribution in [0.1, 0.15) is 11.3 Å². The summed E-state index contributed by atoms with van der Waals surface area (Å²) in [5.41, 5.74) is 10.2. The van der Waals surface area contributed by atoms with E-state index in [1.54, 1.807) is 0 Å². The summed E-state index contributed by atoms with van der Waals surface area (Å²) in [6.07, 6.45) is 0.991. The van der Waals surface area contributed by atoms with Crippen LogP contribution in [0.2, 0.25) is 0 Å². The van der Waals surface area contributed by atoms with Gasteiger partial charge in [0.15, 0.2) is 0 Å². The second-order valence-corrected chi connectivity index (χ2v) is 4.29. The van der Waals surface area contributed by atoms with Crippen molar-refractivity contribution < 1.29 is 4.74 Å². The van der Waals surface area contributed by atoms with E-state index in [4.69, 9.17) is 10.5 Å². The maximum Gasteiger partial charge on any atom is 0.123 e. The smallest absolute Gasteiger partial charge is 0.123 e. The molecule has 0 atom stereocenters. The van der Waals surface area contributed by atoms with Crippen LogP contribution in [0.4, 0.5) is 5.82 Å². The molecular formula is C14H14N2O. The zero-order valence-electron chi connectivity index (χ0n) is 9.73. The summed E-state index contributed by atoms with van der Waals surface area (Å²) in [5.74, 6) is 1.57. The van der Waals surface area contributed by atoms with Crippen LogP contribution in [0.5, 0.6) is 5.75 Å². The molecule has 86 valence electrons. The van der Waals surface area contributed by atoms with Crippen LogP contribution in [0, 0.1) is 6.92 Å². The van der Waals surface area contributed by atoms with Crippen LogP contribution < -0.4 is 10.5 Å². The Bertz CT molecular complexity index is 578. The van der Waals surface area contributed by atoms with Crippen LogP contribution >= 0.6 is 0 Å². The number of rotatable bonds is 1. The Morgan fingerprint density at radius 1 is 1.24 bits per heavy atom. The summed E-state index contributed by atoms with van der Waals surface area (Å²) < 4.78 is 5.50. The Morgan fingerprint density at radius 3 is 2.94 bits per heavy atom. The Labute approximate surface area is 100 Å². The van der Waals surface area contributed by atoms with E-state index in [0.29, 0.717) is 5.82 Å². The van der Waals surface area contributed by atoms with Gasteiger partial charge in [0.1, 0.15) is 11.6 Å². The predicted octanol–water partition coefficient (Wildman–Crippen LogP) is 2.57. The predicted molar refractivity (Wildman–Crippen MR) is 68.0 cm³/mol. The minimum Gasteiger partial charge on any atom is -0.493 e. The molecule has 0 radical (unpaired) electrons. The maximum absolute atomic E-state index is 5.66. The summed E-state index contributed by atoms with van der Waals surface area (Å²) >= 11 is 0. The number of hydrogen-bond acceptors (Lipinski definition) is 3. The molecule has 0 bridgehead atoms. The monoisotopic (exact) mass is 226 g/mol. The Morgan fingerprint density at radius 2 is 2.12 bits per heavy atom. The van der Waals surface area contributed by atoms with E-state index in [-0.39, 0.29) is 0 Å². The van der Waals surface area contributed by atoms with Gasteiger partial charge >= 0.3 is 0 Å². The van der Waals surface area contributed by atoms with Crippen molar-refractivity contribution in [3.05, 3.63) is 41.6 Å². The van der Waals surface area contributed by atoms with Crippen molar-refractivity contribution in [3.63, 3.8) is 0 Å². The molecule has 2 heterocycles. The van der Waals surface area contributed by atoms with Gasteiger partial charge in [-0.25, -0.2) is 4.98 Å². The van der Waals surface area contributed by atoms with Crippen LogP contribution in [0.3, 0.4) is 0 Å². The molecule has 0 aliphatic carbocycles. The lowest BCUT2D eigenvalue weighted by atomic mass is 10.0. The normalized spacial score (nSPS) is 13.2. The Hall–Kier alpha value is -2.03. The minimum absolute atomic E-state index is 0.566. The van der Waals surface area contributed by atoms with E-state index in [9.17, 15) is 0 Å². The third-order valence-electron chi connectivity index (χ3n) is 3.11. The molecular weight excluding hydrogens is 212 g/mol. The number of nitrogens with zero attached hydrogens (tertiary/aromatic N) is 1. The fraction of sp³-hybridized carbons (Fsp3) is 0.214. The molecule has 17 heavy (non-hydrogen) atoms. The van der Waals surface area contributed by atoms with Gasteiger partial charge in [-0.15, -0.1) is 0 Å². The topological polar surface area (TPSA) is 48.1 Å². The largest absolute Gasteiger partial charge is 0.493 e. The van der Waals surface area contributed by atoms with E-state index in [0.717, 1.165) is 30.0 Å². The van der Waals surface area contributed by atoms with Gasteiger partial charge in [0.05, 0.1) is 6.61 Å². The molecule has 0 saturated heterocycles. The van der Waals surface area contributed by atoms with E-state index in [2.05, 4.69) is 17.1 Å². The molecule has 1 aromatic carbocycles. The first kappa shape index (κ1) is 10.1. The number of hydrogen-bond donors (Lipinski definition) is 1. The van der Waals surface area contributed by atoms with Gasteiger partial charge in [0.25, 0.3) is 0 Å². The number of fused-ring (bicyclic) bond motifs is 1. The second-order valence-electron chi connectivity index (χ2n) is 4.29. The molecule has 1 aliphatic heterocycles. The highest BCUT2D eigenvalue weighted by Gasteiger charge is 2.13. The highest BCUT2D eigenvalue weighted by Crippen LogP contribution is 2.31. The van der Waals surface area contributed by atoms with Crippen molar-refractivity contribution in [2.75, 3.05) is 12.3 Å². The van der Waals surface area contributed by atoms with Gasteiger partial charge in [-0.1, -0.05) is 6.07 Å². The molecule has 1 aliphatic rings. The van der Waals surface area contributed by atoms with Crippen molar-refractivity contribution in [1.29, 1.82) is 0 Å². The lowest BCUT2D eigenvalue weighted by molar-refractivity contribution is 0.357. The van der Waals surface area contributed by atoms with E-state index in [1.807, 2.05) is 25.1 Å². The van der Waals surface area contributed by atoms with Crippen LogP contribution in [-0.2, 0) is 6.42 Å². The van der Waals surface area contributed by atoms with Crippen LogP contribution in [-0.4, -0.2) is 11.6 Å². The molecule has 2 N–H and O–H groups in total. The van der Waals surface area contributed by atoms with Gasteiger partial charge in [-0.3, -0.25) is 0 Å².